The van der Waals surface area contributed by atoms with Gasteiger partial charge in [-0.25, -0.2) is 0 Å². The first kappa shape index (κ1) is 28.3. The van der Waals surface area contributed by atoms with Gasteiger partial charge in [0.05, 0.1) is 6.54 Å². The Morgan fingerprint density at radius 3 is 2.45 bits per heavy atom. The predicted octanol–water partition coefficient (Wildman–Crippen LogP) is 4.03. The van der Waals surface area contributed by atoms with Gasteiger partial charge >= 0.3 is 11.9 Å². The number of Topliss-reactive ketones (excluding diaryl/α,β-unsaturated/α-hetero) is 1. The molecule has 0 saturated heterocycles. The van der Waals surface area contributed by atoms with Crippen molar-refractivity contribution in [1.82, 2.24) is 0 Å². The van der Waals surface area contributed by atoms with E-state index in [1.54, 1.807) is 0 Å². The normalized spacial score (nSPS) is 31.0. The minimum Gasteiger partial charge on any atom is -0.457 e. The molecule has 1 aromatic carbocycles. The molecule has 8 nitrogen and oxygen atoms in total. The van der Waals surface area contributed by atoms with E-state index in [1.165, 1.54) is 18.1 Å². The lowest BCUT2D eigenvalue weighted by molar-refractivity contribution is -0.186. The summed E-state index contributed by atoms with van der Waals surface area (Å²) in [7, 11) is 4.02. The fraction of sp³-hybridized carbons (Fsp3) is 0.562. The fourth-order valence-corrected chi connectivity index (χ4v) is 8.20. The molecule has 0 radical (unpaired) electrons. The largest absolute Gasteiger partial charge is 0.457 e. The van der Waals surface area contributed by atoms with Crippen molar-refractivity contribution in [2.24, 2.45) is 23.0 Å². The van der Waals surface area contributed by atoms with Gasteiger partial charge in [-0.3, -0.25) is 19.2 Å². The molecule has 4 aliphatic rings. The van der Waals surface area contributed by atoms with Gasteiger partial charge in [0.15, 0.2) is 18.0 Å². The molecule has 0 bridgehead atoms. The van der Waals surface area contributed by atoms with E-state index in [-0.39, 0.29) is 35.9 Å². The highest BCUT2D eigenvalue weighted by Crippen LogP contribution is 2.67. The Morgan fingerprint density at radius 1 is 1.07 bits per heavy atom. The van der Waals surface area contributed by atoms with Crippen LogP contribution < -0.4 is 10.6 Å². The third-order valence-corrected chi connectivity index (χ3v) is 9.97. The molecule has 214 valence electrons. The van der Waals surface area contributed by atoms with E-state index in [0.29, 0.717) is 19.3 Å². The Bertz CT molecular complexity index is 1290. The molecule has 8 heteroatoms. The van der Waals surface area contributed by atoms with Crippen molar-refractivity contribution in [1.29, 1.82) is 0 Å². The summed E-state index contributed by atoms with van der Waals surface area (Å²) in [5, 5.41) is 0. The number of ether oxygens (including phenoxy) is 2. The van der Waals surface area contributed by atoms with Gasteiger partial charge in [0.1, 0.15) is 0 Å². The van der Waals surface area contributed by atoms with E-state index in [9.17, 15) is 19.2 Å². The highest BCUT2D eigenvalue weighted by molar-refractivity contribution is 5.94. The predicted molar refractivity (Wildman–Crippen MR) is 151 cm³/mol. The molecular formula is C32H40N2O6. The van der Waals surface area contributed by atoms with Gasteiger partial charge < -0.3 is 20.1 Å². The fourth-order valence-electron chi connectivity index (χ4n) is 8.20. The molecule has 1 aromatic rings. The lowest BCUT2D eigenvalue weighted by atomic mass is 9.50. The number of anilines is 1. The maximum atomic E-state index is 13.9. The summed E-state index contributed by atoms with van der Waals surface area (Å²) in [6, 6.07) is 8.54. The van der Waals surface area contributed by atoms with Crippen LogP contribution in [0.2, 0.25) is 0 Å². The van der Waals surface area contributed by atoms with Crippen molar-refractivity contribution in [2.45, 2.75) is 70.3 Å². The number of hydrogen-bond acceptors (Lipinski definition) is 8. The topological polar surface area (TPSA) is 116 Å². The number of carbonyl (C=O) groups excluding carboxylic acids is 4. The molecule has 2 saturated carbocycles. The number of rotatable bonds is 7. The summed E-state index contributed by atoms with van der Waals surface area (Å²) in [4.78, 5) is 52.6. The van der Waals surface area contributed by atoms with E-state index in [4.69, 9.17) is 15.2 Å². The van der Waals surface area contributed by atoms with Gasteiger partial charge in [-0.1, -0.05) is 24.6 Å². The maximum absolute atomic E-state index is 13.9. The Morgan fingerprint density at radius 2 is 1.80 bits per heavy atom. The first-order valence-corrected chi connectivity index (χ1v) is 14.3. The first-order chi connectivity index (χ1) is 19.0. The van der Waals surface area contributed by atoms with E-state index < -0.39 is 29.6 Å². The van der Waals surface area contributed by atoms with Gasteiger partial charge in [-0.15, -0.1) is 0 Å². The van der Waals surface area contributed by atoms with Crippen molar-refractivity contribution in [2.75, 3.05) is 32.1 Å². The van der Waals surface area contributed by atoms with Crippen LogP contribution in [0.4, 0.5) is 5.69 Å². The van der Waals surface area contributed by atoms with Gasteiger partial charge in [0.2, 0.25) is 5.78 Å². The monoisotopic (exact) mass is 548 g/mol. The first-order valence-electron chi connectivity index (χ1n) is 14.3. The highest BCUT2D eigenvalue weighted by atomic mass is 16.6. The summed E-state index contributed by atoms with van der Waals surface area (Å²) < 4.78 is 11.2. The molecule has 0 spiro atoms. The second-order valence-electron chi connectivity index (χ2n) is 12.2. The van der Waals surface area contributed by atoms with E-state index in [0.717, 1.165) is 42.5 Å². The number of ketones is 2. The number of esters is 2. The third kappa shape index (κ3) is 4.60. The molecule has 0 heterocycles. The van der Waals surface area contributed by atoms with Crippen LogP contribution in [0.1, 0.15) is 70.3 Å². The van der Waals surface area contributed by atoms with Crippen LogP contribution in [-0.2, 0) is 28.7 Å². The Balaban J connectivity index is 1.64. The van der Waals surface area contributed by atoms with Gasteiger partial charge in [-0.2, -0.15) is 0 Å². The Kier molecular flexibility index (Phi) is 7.50. The van der Waals surface area contributed by atoms with Crippen molar-refractivity contribution in [3.8, 4) is 0 Å². The van der Waals surface area contributed by atoms with Crippen LogP contribution >= 0.6 is 0 Å². The van der Waals surface area contributed by atoms with E-state index in [1.807, 2.05) is 20.2 Å². The van der Waals surface area contributed by atoms with Crippen LogP contribution in [0.15, 0.2) is 47.1 Å². The summed E-state index contributed by atoms with van der Waals surface area (Å²) in [6.07, 6.45) is 6.55. The lowest BCUT2D eigenvalue weighted by Gasteiger charge is -2.55. The Labute approximate surface area is 235 Å². The second-order valence-corrected chi connectivity index (χ2v) is 12.2. The van der Waals surface area contributed by atoms with Gasteiger partial charge in [0, 0.05) is 44.5 Å². The molecule has 3 unspecified atom stereocenters. The number of fused-ring (bicyclic) bond motifs is 4. The van der Waals surface area contributed by atoms with Crippen LogP contribution in [-0.4, -0.2) is 56.4 Å². The molecule has 0 aliphatic heterocycles. The van der Waals surface area contributed by atoms with Crippen LogP contribution in [0, 0.1) is 17.3 Å². The zero-order valence-electron chi connectivity index (χ0n) is 24.0. The Hall–Kier alpha value is -3.26. The van der Waals surface area contributed by atoms with E-state index >= 15 is 0 Å². The number of allylic oxidation sites excluding steroid dienone is 4. The molecule has 40 heavy (non-hydrogen) atoms. The molecule has 2 N–H and O–H groups in total. The molecule has 4 aliphatic carbocycles. The smallest absolute Gasteiger partial charge is 0.320 e. The minimum atomic E-state index is -1.39. The van der Waals surface area contributed by atoms with Crippen molar-refractivity contribution in [3.05, 3.63) is 52.6 Å². The van der Waals surface area contributed by atoms with Crippen LogP contribution in [0.3, 0.4) is 0 Å². The average molecular weight is 549 g/mol. The second kappa shape index (κ2) is 10.6. The zero-order valence-corrected chi connectivity index (χ0v) is 24.0. The molecule has 0 amide bonds. The number of benzene rings is 1. The lowest BCUT2D eigenvalue weighted by Crippen LogP contribution is -2.58. The maximum Gasteiger partial charge on any atom is 0.320 e. The number of hydrogen-bond donors (Lipinski definition) is 1. The summed E-state index contributed by atoms with van der Waals surface area (Å²) in [5.74, 6) is -1.06. The van der Waals surface area contributed by atoms with E-state index in [2.05, 4.69) is 36.1 Å². The van der Waals surface area contributed by atoms with Crippen molar-refractivity contribution < 1.29 is 28.7 Å². The molecule has 5 atom stereocenters. The number of carbonyl (C=O) groups is 4. The van der Waals surface area contributed by atoms with Crippen molar-refractivity contribution >= 4 is 29.2 Å². The molecular weight excluding hydrogens is 508 g/mol. The quantitative estimate of drug-likeness (QED) is 0.508. The number of nitrogens with two attached hydrogens (primary N) is 1. The van der Waals surface area contributed by atoms with Crippen LogP contribution in [0.5, 0.6) is 0 Å². The number of nitrogens with zero attached hydrogens (tertiary/aromatic N) is 1. The van der Waals surface area contributed by atoms with Gasteiger partial charge in [-0.05, 0) is 85.3 Å². The standard InChI is InChI=1S/C32H40N2O6/c1-19(35)40-32(28(37)18-39-29(38)17-33)14-13-27-25-11-7-21-15-23(36)10-12-24(21)30(25)26(16-31(27,32)2)20-5-8-22(9-6-20)34(3)4/h5-6,8-9,15,25-27H,7,10-14,16-18,33H2,1-4H3/t25?,26?,27?,31-,32-/m0/s1. The van der Waals surface area contributed by atoms with Crippen LogP contribution in [0.25, 0.3) is 0 Å². The van der Waals surface area contributed by atoms with Crippen molar-refractivity contribution in [3.63, 3.8) is 0 Å². The minimum absolute atomic E-state index is 0.00166. The average Bonchev–Trinajstić information content (AvgIpc) is 3.22. The zero-order chi connectivity index (χ0) is 28.8. The highest BCUT2D eigenvalue weighted by Gasteiger charge is 2.68. The summed E-state index contributed by atoms with van der Waals surface area (Å²) in [5.41, 5.74) is 9.45. The SMILES string of the molecule is CC(=O)O[C@]1(C(=O)COC(=O)CN)CCC2C3CCC4=CC(=O)CCC4=C3C(c3ccc(N(C)C)cc3)C[C@@]21C. The molecule has 5 rings (SSSR count). The third-order valence-electron chi connectivity index (χ3n) is 9.97. The molecule has 2 fully saturated rings. The summed E-state index contributed by atoms with van der Waals surface area (Å²) in [6.45, 7) is 2.63. The summed E-state index contributed by atoms with van der Waals surface area (Å²) >= 11 is 0. The van der Waals surface area contributed by atoms with Gasteiger partial charge in [0.25, 0.3) is 0 Å². The molecule has 0 aromatic heterocycles.